The molecule has 2 aliphatic carbocycles. The number of hydrogen-bond acceptors (Lipinski definition) is 5. The Morgan fingerprint density at radius 1 is 1.08 bits per heavy atom. The van der Waals surface area contributed by atoms with Crippen molar-refractivity contribution in [3.05, 3.63) is 0 Å². The van der Waals surface area contributed by atoms with Crippen LogP contribution in [0.15, 0.2) is 0 Å². The molecule has 1 unspecified atom stereocenters. The van der Waals surface area contributed by atoms with E-state index >= 15 is 0 Å². The molecule has 1 aliphatic heterocycles. The minimum absolute atomic E-state index is 0.100. The molecule has 3 fully saturated rings. The Morgan fingerprint density at radius 2 is 1.73 bits per heavy atom. The second kappa shape index (κ2) is 9.91. The summed E-state index contributed by atoms with van der Waals surface area (Å²) < 4.78 is 47.4. The van der Waals surface area contributed by atoms with Gasteiger partial charge in [0.25, 0.3) is 5.91 Å². The van der Waals surface area contributed by atoms with Crippen molar-refractivity contribution in [2.45, 2.75) is 105 Å². The lowest BCUT2D eigenvalue weighted by Crippen LogP contribution is -2.62. The Balaban J connectivity index is 1.93. The van der Waals surface area contributed by atoms with E-state index in [1.165, 1.54) is 32.6 Å². The topological polar surface area (TPSA) is 151 Å². The minimum Gasteiger partial charge on any atom is -0.363 e. The molecule has 0 spiro atoms. The molecule has 5 atom stereocenters. The number of ketones is 1. The van der Waals surface area contributed by atoms with Crippen LogP contribution >= 0.6 is 0 Å². The van der Waals surface area contributed by atoms with Crippen LogP contribution in [-0.2, 0) is 19.2 Å². The first-order valence-electron chi connectivity index (χ1n) is 15.9. The Bertz CT molecular complexity index is 1160. The summed E-state index contributed by atoms with van der Waals surface area (Å²) in [5, 5.41) is 7.37. The second-order valence-electron chi connectivity index (χ2n) is 12.6. The van der Waals surface area contributed by atoms with E-state index < -0.39 is 72.3 Å². The Kier molecular flexibility index (Phi) is 5.70. The van der Waals surface area contributed by atoms with Gasteiger partial charge < -0.3 is 26.6 Å². The van der Waals surface area contributed by atoms with Crippen molar-refractivity contribution >= 4 is 29.5 Å². The molecule has 3 aliphatic rings. The highest BCUT2D eigenvalue weighted by Crippen LogP contribution is 2.65. The van der Waals surface area contributed by atoms with Crippen molar-refractivity contribution in [2.75, 3.05) is 6.54 Å². The van der Waals surface area contributed by atoms with Crippen LogP contribution in [0, 0.1) is 28.6 Å². The first kappa shape index (κ1) is 21.3. The summed E-state index contributed by atoms with van der Waals surface area (Å²) in [7, 11) is 0. The highest BCUT2D eigenvalue weighted by Gasteiger charge is 2.70. The van der Waals surface area contributed by atoms with Crippen LogP contribution in [0.25, 0.3) is 0 Å². The number of Topliss-reactive ketones (excluding diaryl/α,β-unsaturated/α-hetero) is 1. The van der Waals surface area contributed by atoms with Gasteiger partial charge in [-0.15, -0.1) is 0 Å². The fraction of sp³-hybridized carbons (Fsp3) is 0.815. The number of rotatable bonds is 8. The molecule has 0 aromatic carbocycles. The van der Waals surface area contributed by atoms with Gasteiger partial charge in [0, 0.05) is 20.3 Å². The number of carbonyl (C=O) groups excluding carboxylic acids is 5. The average molecular weight is 526 g/mol. The predicted molar refractivity (Wildman–Crippen MR) is 139 cm³/mol. The van der Waals surface area contributed by atoms with Gasteiger partial charge in [-0.25, -0.2) is 4.79 Å². The maximum Gasteiger partial charge on any atom is 0.315 e. The summed E-state index contributed by atoms with van der Waals surface area (Å²) in [4.78, 5) is 66.7. The maximum atomic E-state index is 14.2. The highest BCUT2D eigenvalue weighted by atomic mass is 16.2. The molecule has 0 aromatic rings. The summed E-state index contributed by atoms with van der Waals surface area (Å²) in [6, 6.07) is -5.00. The summed E-state index contributed by atoms with van der Waals surface area (Å²) >= 11 is 0. The number of likely N-dealkylation sites (tertiary alicyclic amines) is 1. The van der Waals surface area contributed by atoms with Crippen molar-refractivity contribution in [1.82, 2.24) is 20.9 Å². The van der Waals surface area contributed by atoms with Crippen LogP contribution in [0.2, 0.25) is 0 Å². The molecule has 10 heteroatoms. The third-order valence-electron chi connectivity index (χ3n) is 8.10. The lowest BCUT2D eigenvalue weighted by atomic mass is 9.80. The standard InChI is InChI=1S/C27H45N5O5/c1-25(2,3)20(30-24(37)31-26(4,5)6)23(36)32-13-15-17(27(15,7)8)18(32)22(35)29-16(19(33)21(28)34)12-14-10-9-11-14/h14-18,20H,9-13H2,1-8H3,(H2,28,34)(H,29,35)(H2,30,31,37)/t15-,16?,17-,18-,20+/m0/s1/i1D3,4D3. The fourth-order valence-corrected chi connectivity index (χ4v) is 5.70. The van der Waals surface area contributed by atoms with E-state index in [1.807, 2.05) is 13.8 Å². The summed E-state index contributed by atoms with van der Waals surface area (Å²) in [5.74, 6) is -3.88. The monoisotopic (exact) mass is 525 g/mol. The molecule has 0 bridgehead atoms. The molecular formula is C27H45N5O5. The zero-order valence-corrected chi connectivity index (χ0v) is 22.6. The lowest BCUT2D eigenvalue weighted by Gasteiger charge is -2.38. The summed E-state index contributed by atoms with van der Waals surface area (Å²) in [6.45, 7) is 3.75. The van der Waals surface area contributed by atoms with Crippen molar-refractivity contribution < 1.29 is 32.2 Å². The number of carbonyl (C=O) groups is 5. The quantitative estimate of drug-likeness (QED) is 0.356. The van der Waals surface area contributed by atoms with Gasteiger partial charge in [0.05, 0.1) is 6.04 Å². The molecule has 3 rings (SSSR count). The van der Waals surface area contributed by atoms with Gasteiger partial charge in [-0.3, -0.25) is 19.2 Å². The Hall–Kier alpha value is -2.65. The number of primary amides is 1. The smallest absolute Gasteiger partial charge is 0.315 e. The van der Waals surface area contributed by atoms with E-state index in [0.717, 1.165) is 19.3 Å². The molecule has 37 heavy (non-hydrogen) atoms. The number of fused-ring (bicyclic) bond motifs is 1. The minimum atomic E-state index is -2.75. The predicted octanol–water partition coefficient (Wildman–Crippen LogP) is 1.71. The Labute approximate surface area is 228 Å². The van der Waals surface area contributed by atoms with E-state index in [-0.39, 0.29) is 36.1 Å². The first-order valence-corrected chi connectivity index (χ1v) is 12.9. The van der Waals surface area contributed by atoms with E-state index in [9.17, 15) is 24.0 Å². The van der Waals surface area contributed by atoms with Gasteiger partial charge >= 0.3 is 6.03 Å². The highest BCUT2D eigenvalue weighted by molar-refractivity contribution is 6.37. The van der Waals surface area contributed by atoms with E-state index in [4.69, 9.17) is 14.0 Å². The van der Waals surface area contributed by atoms with Crippen LogP contribution in [0.4, 0.5) is 4.79 Å². The van der Waals surface area contributed by atoms with Crippen LogP contribution in [0.1, 0.15) is 89.2 Å². The maximum absolute atomic E-state index is 14.2. The van der Waals surface area contributed by atoms with Crippen LogP contribution in [-0.4, -0.2) is 64.6 Å². The van der Waals surface area contributed by atoms with Gasteiger partial charge in [0.1, 0.15) is 12.1 Å². The number of nitrogens with one attached hydrogen (secondary N) is 3. The normalized spacial score (nSPS) is 29.4. The molecule has 5 amide bonds. The molecule has 5 N–H and O–H groups in total. The van der Waals surface area contributed by atoms with Crippen LogP contribution in [0.5, 0.6) is 0 Å². The second-order valence-corrected chi connectivity index (χ2v) is 12.6. The fourth-order valence-electron chi connectivity index (χ4n) is 5.70. The number of nitrogens with zero attached hydrogens (tertiary/aromatic N) is 1. The van der Waals surface area contributed by atoms with Crippen molar-refractivity contribution in [2.24, 2.45) is 34.3 Å². The van der Waals surface area contributed by atoms with Crippen molar-refractivity contribution in [3.8, 4) is 0 Å². The zero-order chi connectivity index (χ0) is 33.1. The number of hydrogen-bond donors (Lipinski definition) is 4. The number of urea groups is 1. The third kappa shape index (κ3) is 6.26. The first-order chi connectivity index (χ1) is 19.3. The molecule has 10 nitrogen and oxygen atoms in total. The van der Waals surface area contributed by atoms with Crippen molar-refractivity contribution in [3.63, 3.8) is 0 Å². The molecular weight excluding hydrogens is 474 g/mol. The largest absolute Gasteiger partial charge is 0.363 e. The van der Waals surface area contributed by atoms with Gasteiger partial charge in [-0.1, -0.05) is 53.8 Å². The zero-order valence-electron chi connectivity index (χ0n) is 28.6. The van der Waals surface area contributed by atoms with E-state index in [1.54, 1.807) is 0 Å². The Morgan fingerprint density at radius 3 is 2.24 bits per heavy atom. The SMILES string of the molecule is [2H]C([2H])([2H])C(C)(C)NC(=O)N[C@H](C(=O)N1C[C@H]2[C@@H]([C@H]1C(=O)NC(CC1CCC1)C(=O)C(N)=O)C2(C)C)C(C)(C)C([2H])([2H])[2H]. The number of amides is 5. The molecule has 0 radical (unpaired) electrons. The number of nitrogens with two attached hydrogens (primary N) is 1. The van der Waals surface area contributed by atoms with E-state index in [2.05, 4.69) is 16.0 Å². The number of piperidine rings is 1. The molecule has 1 heterocycles. The van der Waals surface area contributed by atoms with Gasteiger partial charge in [-0.2, -0.15) is 0 Å². The lowest BCUT2D eigenvalue weighted by molar-refractivity contribution is -0.145. The summed E-state index contributed by atoms with van der Waals surface area (Å²) in [5.41, 5.74) is 1.37. The van der Waals surface area contributed by atoms with Crippen LogP contribution < -0.4 is 21.7 Å². The summed E-state index contributed by atoms with van der Waals surface area (Å²) in [6.07, 6.45) is 2.91. The molecule has 0 aromatic heterocycles. The van der Waals surface area contributed by atoms with E-state index in [0.29, 0.717) is 0 Å². The molecule has 1 saturated heterocycles. The third-order valence-corrected chi connectivity index (χ3v) is 8.10. The van der Waals surface area contributed by atoms with Gasteiger partial charge in [0.15, 0.2) is 0 Å². The van der Waals surface area contributed by atoms with Crippen LogP contribution in [0.3, 0.4) is 0 Å². The van der Waals surface area contributed by atoms with Gasteiger partial charge in [-0.05, 0) is 55.7 Å². The molecule has 208 valence electrons. The molecule has 2 saturated carbocycles. The average Bonchev–Trinajstić information content (AvgIpc) is 3.14. The van der Waals surface area contributed by atoms with Gasteiger partial charge in [0.2, 0.25) is 17.6 Å². The van der Waals surface area contributed by atoms with Crippen molar-refractivity contribution in [1.29, 1.82) is 0 Å².